The summed E-state index contributed by atoms with van der Waals surface area (Å²) in [6, 6.07) is 0. The first-order valence-corrected chi connectivity index (χ1v) is 9.85. The van der Waals surface area contributed by atoms with Crippen LogP contribution in [0, 0.1) is 11.8 Å². The summed E-state index contributed by atoms with van der Waals surface area (Å²) in [6.45, 7) is 4.24. The highest BCUT2D eigenvalue weighted by Crippen LogP contribution is 2.54. The van der Waals surface area contributed by atoms with Crippen molar-refractivity contribution in [3.05, 3.63) is 18.2 Å². The quantitative estimate of drug-likeness (QED) is 0.725. The lowest BCUT2D eigenvalue weighted by atomic mass is 9.73. The molecule has 4 atom stereocenters. The van der Waals surface area contributed by atoms with Gasteiger partial charge < -0.3 is 19.9 Å². The van der Waals surface area contributed by atoms with Crippen LogP contribution in [-0.2, 0) is 9.53 Å². The maximum absolute atomic E-state index is 12.5. The Morgan fingerprint density at radius 2 is 2.35 bits per heavy atom. The predicted octanol–water partition coefficient (Wildman–Crippen LogP) is 1.73. The number of carbonyl (C=O) groups is 2. The lowest BCUT2D eigenvalue weighted by molar-refractivity contribution is -0.131. The fraction of sp³-hybridized carbons (Fsp3) is 0.737. The van der Waals surface area contributed by atoms with Crippen LogP contribution in [0.25, 0.3) is 0 Å². The number of aromatic nitrogens is 2. The van der Waals surface area contributed by atoms with Crippen LogP contribution in [0.2, 0.25) is 0 Å². The molecule has 26 heavy (non-hydrogen) atoms. The zero-order valence-electron chi connectivity index (χ0n) is 15.4. The highest BCUT2D eigenvalue weighted by Gasteiger charge is 2.63. The number of amides is 2. The van der Waals surface area contributed by atoms with Crippen molar-refractivity contribution in [2.75, 3.05) is 19.6 Å². The number of ether oxygens (including phenoxy) is 1. The topological polar surface area (TPSA) is 87.3 Å². The fourth-order valence-electron chi connectivity index (χ4n) is 5.02. The molecule has 3 aliphatic heterocycles. The molecule has 1 aromatic rings. The van der Waals surface area contributed by atoms with E-state index in [2.05, 4.69) is 22.2 Å². The molecule has 0 aliphatic carbocycles. The third-order valence-electron chi connectivity index (χ3n) is 6.37. The van der Waals surface area contributed by atoms with E-state index in [1.165, 1.54) is 12.5 Å². The molecule has 4 rings (SSSR count). The third kappa shape index (κ3) is 3.02. The van der Waals surface area contributed by atoms with Crippen LogP contribution in [0.5, 0.6) is 0 Å². The molecular formula is C19H28N4O3. The average Bonchev–Trinajstić information content (AvgIpc) is 3.39. The Bertz CT molecular complexity index is 662. The fourth-order valence-corrected chi connectivity index (χ4v) is 5.02. The molecule has 0 aromatic carbocycles. The molecule has 3 aliphatic rings. The van der Waals surface area contributed by atoms with Gasteiger partial charge in [-0.25, -0.2) is 4.98 Å². The molecule has 0 radical (unpaired) electrons. The minimum absolute atomic E-state index is 0.134. The number of H-pyrrole nitrogens is 1. The molecular weight excluding hydrogens is 332 g/mol. The van der Waals surface area contributed by atoms with Crippen molar-refractivity contribution in [3.8, 4) is 0 Å². The molecule has 3 saturated heterocycles. The summed E-state index contributed by atoms with van der Waals surface area (Å²) in [5.74, 6) is 0.738. The van der Waals surface area contributed by atoms with Crippen LogP contribution in [0.15, 0.2) is 12.5 Å². The first kappa shape index (κ1) is 17.5. The summed E-state index contributed by atoms with van der Waals surface area (Å²) in [4.78, 5) is 33.5. The van der Waals surface area contributed by atoms with Gasteiger partial charge in [-0.2, -0.15) is 0 Å². The van der Waals surface area contributed by atoms with E-state index in [4.69, 9.17) is 4.74 Å². The number of unbranched alkanes of at least 4 members (excludes halogenated alkanes) is 2. The van der Waals surface area contributed by atoms with E-state index in [1.807, 2.05) is 4.90 Å². The Kier molecular flexibility index (Phi) is 4.73. The van der Waals surface area contributed by atoms with Crippen LogP contribution in [0.3, 0.4) is 0 Å². The van der Waals surface area contributed by atoms with Gasteiger partial charge in [-0.05, 0) is 19.3 Å². The van der Waals surface area contributed by atoms with E-state index < -0.39 is 0 Å². The van der Waals surface area contributed by atoms with Gasteiger partial charge in [0.15, 0.2) is 0 Å². The van der Waals surface area contributed by atoms with Gasteiger partial charge in [0, 0.05) is 31.3 Å². The summed E-state index contributed by atoms with van der Waals surface area (Å²) >= 11 is 0. The van der Waals surface area contributed by atoms with E-state index in [9.17, 15) is 9.59 Å². The Balaban J connectivity index is 1.36. The lowest BCUT2D eigenvalue weighted by Crippen LogP contribution is -2.42. The molecule has 1 aromatic heterocycles. The Morgan fingerprint density at radius 3 is 3.12 bits per heavy atom. The van der Waals surface area contributed by atoms with Gasteiger partial charge in [-0.3, -0.25) is 9.59 Å². The number of nitrogens with zero attached hydrogens (tertiary/aromatic N) is 2. The van der Waals surface area contributed by atoms with Gasteiger partial charge in [0.05, 0.1) is 30.8 Å². The van der Waals surface area contributed by atoms with Gasteiger partial charge in [-0.15, -0.1) is 0 Å². The summed E-state index contributed by atoms with van der Waals surface area (Å²) in [6.07, 6.45) is 9.14. The number of likely N-dealkylation sites (tertiary alicyclic amines) is 1. The summed E-state index contributed by atoms with van der Waals surface area (Å²) in [7, 11) is 0. The Labute approximate surface area is 153 Å². The largest absolute Gasteiger partial charge is 0.369 e. The van der Waals surface area contributed by atoms with Crippen molar-refractivity contribution < 1.29 is 14.3 Å². The molecule has 4 heterocycles. The first-order valence-electron chi connectivity index (χ1n) is 9.85. The van der Waals surface area contributed by atoms with Crippen molar-refractivity contribution in [1.82, 2.24) is 20.2 Å². The number of nitrogens with one attached hydrogen (secondary N) is 2. The number of rotatable bonds is 7. The SMILES string of the molecule is CCCCCC(=O)N1C[C@@H]2[C@H](CNC(=O)c3cnc[nH]3)[C@H]3CC[C@]2(C1)O3. The second-order valence-electron chi connectivity index (χ2n) is 7.94. The molecule has 2 amide bonds. The smallest absolute Gasteiger partial charge is 0.269 e. The molecule has 0 saturated carbocycles. The van der Waals surface area contributed by atoms with Crippen LogP contribution >= 0.6 is 0 Å². The first-order chi connectivity index (χ1) is 12.6. The molecule has 7 heteroatoms. The van der Waals surface area contributed by atoms with Crippen LogP contribution in [0.1, 0.15) is 55.9 Å². The lowest BCUT2D eigenvalue weighted by Gasteiger charge is -2.29. The van der Waals surface area contributed by atoms with Gasteiger partial charge in [0.25, 0.3) is 5.91 Å². The molecule has 1 spiro atoms. The monoisotopic (exact) mass is 360 g/mol. The van der Waals surface area contributed by atoms with E-state index in [0.29, 0.717) is 24.6 Å². The van der Waals surface area contributed by atoms with Gasteiger partial charge >= 0.3 is 0 Å². The highest BCUT2D eigenvalue weighted by atomic mass is 16.5. The van der Waals surface area contributed by atoms with E-state index in [-0.39, 0.29) is 29.4 Å². The summed E-state index contributed by atoms with van der Waals surface area (Å²) in [5.41, 5.74) is 0.303. The molecule has 3 fully saturated rings. The van der Waals surface area contributed by atoms with Crippen molar-refractivity contribution in [2.24, 2.45) is 11.8 Å². The molecule has 2 N–H and O–H groups in total. The maximum Gasteiger partial charge on any atom is 0.269 e. The molecule has 0 unspecified atom stereocenters. The standard InChI is InChI=1S/C19H28N4O3/c1-2-3-4-5-17(24)23-10-14-13(16-6-7-19(14,11-23)26-16)8-21-18(25)15-9-20-12-22-15/h9,12-14,16H,2-8,10-11H2,1H3,(H,20,22)(H,21,25)/t13-,14+,16+,19+/m0/s1. The van der Waals surface area contributed by atoms with Gasteiger partial charge in [0.2, 0.25) is 5.91 Å². The number of carbonyl (C=O) groups excluding carboxylic acids is 2. The number of imidazole rings is 1. The molecule has 142 valence electrons. The zero-order valence-corrected chi connectivity index (χ0v) is 15.4. The number of hydrogen-bond acceptors (Lipinski definition) is 4. The zero-order chi connectivity index (χ0) is 18.1. The van der Waals surface area contributed by atoms with Crippen LogP contribution in [-0.4, -0.2) is 58.0 Å². The second-order valence-corrected chi connectivity index (χ2v) is 7.94. The van der Waals surface area contributed by atoms with Crippen molar-refractivity contribution >= 4 is 11.8 Å². The minimum Gasteiger partial charge on any atom is -0.369 e. The predicted molar refractivity (Wildman–Crippen MR) is 95.5 cm³/mol. The normalized spacial score (nSPS) is 32.0. The van der Waals surface area contributed by atoms with Crippen LogP contribution in [0.4, 0.5) is 0 Å². The number of fused-ring (bicyclic) bond motifs is 1. The van der Waals surface area contributed by atoms with Crippen molar-refractivity contribution in [2.45, 2.75) is 57.2 Å². The summed E-state index contributed by atoms with van der Waals surface area (Å²) in [5, 5.41) is 3.01. The number of aromatic amines is 1. The molecule has 7 nitrogen and oxygen atoms in total. The highest BCUT2D eigenvalue weighted by molar-refractivity contribution is 5.91. The third-order valence-corrected chi connectivity index (χ3v) is 6.37. The summed E-state index contributed by atoms with van der Waals surface area (Å²) < 4.78 is 6.36. The Morgan fingerprint density at radius 1 is 1.46 bits per heavy atom. The maximum atomic E-state index is 12.5. The molecule has 2 bridgehead atoms. The second kappa shape index (κ2) is 7.02. The van der Waals surface area contributed by atoms with Crippen LogP contribution < -0.4 is 5.32 Å². The van der Waals surface area contributed by atoms with Gasteiger partial charge in [0.1, 0.15) is 5.69 Å². The average molecular weight is 360 g/mol. The van der Waals surface area contributed by atoms with E-state index in [1.54, 1.807) is 0 Å². The van der Waals surface area contributed by atoms with Gasteiger partial charge in [-0.1, -0.05) is 19.8 Å². The van der Waals surface area contributed by atoms with E-state index in [0.717, 1.165) is 45.2 Å². The van der Waals surface area contributed by atoms with E-state index >= 15 is 0 Å². The van der Waals surface area contributed by atoms with Crippen molar-refractivity contribution in [3.63, 3.8) is 0 Å². The van der Waals surface area contributed by atoms with Crippen molar-refractivity contribution in [1.29, 1.82) is 0 Å². The minimum atomic E-state index is -0.172. The number of hydrogen-bond donors (Lipinski definition) is 2. The Hall–Kier alpha value is -1.89.